The van der Waals surface area contributed by atoms with Gasteiger partial charge in [0.25, 0.3) is 0 Å². The van der Waals surface area contributed by atoms with Crippen molar-refractivity contribution in [3.05, 3.63) is 11.1 Å². The summed E-state index contributed by atoms with van der Waals surface area (Å²) in [5.74, 6) is 0. The molecule has 1 heterocycles. The number of halogens is 3. The zero-order chi connectivity index (χ0) is 12.3. The first kappa shape index (κ1) is 13.2. The maximum atomic E-state index is 12.2. The van der Waals surface area contributed by atoms with Crippen LogP contribution in [0.1, 0.15) is 24.8 Å². The molecule has 1 N–H and O–H groups in total. The molecule has 0 saturated carbocycles. The van der Waals surface area contributed by atoms with Crippen molar-refractivity contribution in [3.8, 4) is 0 Å². The maximum absolute atomic E-state index is 12.2. The summed E-state index contributed by atoms with van der Waals surface area (Å²) < 4.78 is 36.7. The van der Waals surface area contributed by atoms with E-state index in [-0.39, 0.29) is 11.7 Å². The molecule has 0 saturated heterocycles. The SMILES string of the molecule is CCN(CC(F)(F)F)c1ncc(C(C)O)s1. The molecule has 0 aliphatic rings. The zero-order valence-electron chi connectivity index (χ0n) is 8.95. The predicted molar refractivity (Wildman–Crippen MR) is 56.7 cm³/mol. The fraction of sp³-hybridized carbons (Fsp3) is 0.667. The fourth-order valence-corrected chi connectivity index (χ4v) is 2.06. The monoisotopic (exact) mass is 254 g/mol. The van der Waals surface area contributed by atoms with Gasteiger partial charge in [-0.25, -0.2) is 4.98 Å². The molecule has 16 heavy (non-hydrogen) atoms. The smallest absolute Gasteiger partial charge is 0.388 e. The highest BCUT2D eigenvalue weighted by molar-refractivity contribution is 7.15. The largest absolute Gasteiger partial charge is 0.406 e. The van der Waals surface area contributed by atoms with Gasteiger partial charge in [0.05, 0.1) is 11.0 Å². The molecule has 0 aliphatic carbocycles. The van der Waals surface area contributed by atoms with E-state index in [1.807, 2.05) is 0 Å². The highest BCUT2D eigenvalue weighted by atomic mass is 32.1. The summed E-state index contributed by atoms with van der Waals surface area (Å²) >= 11 is 1.08. The minimum absolute atomic E-state index is 0.228. The van der Waals surface area contributed by atoms with Gasteiger partial charge in [0, 0.05) is 12.7 Å². The van der Waals surface area contributed by atoms with Gasteiger partial charge in [-0.05, 0) is 13.8 Å². The number of aliphatic hydroxyl groups excluding tert-OH is 1. The van der Waals surface area contributed by atoms with Crippen molar-refractivity contribution in [1.29, 1.82) is 0 Å². The third-order valence-corrected chi connectivity index (χ3v) is 3.17. The standard InChI is InChI=1S/C9H13F3N2OS/c1-3-14(5-9(10,11)12)8-13-4-7(16-8)6(2)15/h4,6,15H,3,5H2,1-2H3. The van der Waals surface area contributed by atoms with Crippen LogP contribution in [0.3, 0.4) is 0 Å². The molecular weight excluding hydrogens is 241 g/mol. The third-order valence-electron chi connectivity index (χ3n) is 1.95. The number of alkyl halides is 3. The molecule has 1 unspecified atom stereocenters. The van der Waals surface area contributed by atoms with Crippen molar-refractivity contribution in [2.75, 3.05) is 18.0 Å². The van der Waals surface area contributed by atoms with Gasteiger partial charge in [0.2, 0.25) is 0 Å². The van der Waals surface area contributed by atoms with E-state index in [2.05, 4.69) is 4.98 Å². The Labute approximate surface area is 95.5 Å². The first-order chi connectivity index (χ1) is 7.33. The van der Waals surface area contributed by atoms with Crippen molar-refractivity contribution in [2.24, 2.45) is 0 Å². The van der Waals surface area contributed by atoms with Crippen LogP contribution in [0.15, 0.2) is 6.20 Å². The van der Waals surface area contributed by atoms with E-state index in [0.29, 0.717) is 4.88 Å². The van der Waals surface area contributed by atoms with Crippen LogP contribution in [0.25, 0.3) is 0 Å². The maximum Gasteiger partial charge on any atom is 0.406 e. The van der Waals surface area contributed by atoms with Gasteiger partial charge < -0.3 is 10.0 Å². The molecule has 0 aromatic carbocycles. The summed E-state index contributed by atoms with van der Waals surface area (Å²) in [7, 11) is 0. The third kappa shape index (κ3) is 3.64. The van der Waals surface area contributed by atoms with Gasteiger partial charge in [0.1, 0.15) is 6.54 Å². The van der Waals surface area contributed by atoms with Crippen LogP contribution in [0.2, 0.25) is 0 Å². The Kier molecular flexibility index (Phi) is 4.15. The zero-order valence-corrected chi connectivity index (χ0v) is 9.77. The molecule has 1 rings (SSSR count). The van der Waals surface area contributed by atoms with Gasteiger partial charge in [-0.2, -0.15) is 13.2 Å². The molecule has 0 amide bonds. The number of thiazole rings is 1. The number of anilines is 1. The minimum atomic E-state index is -4.24. The quantitative estimate of drug-likeness (QED) is 0.897. The highest BCUT2D eigenvalue weighted by Crippen LogP contribution is 2.29. The number of aromatic nitrogens is 1. The summed E-state index contributed by atoms with van der Waals surface area (Å²) in [6, 6.07) is 0. The first-order valence-electron chi connectivity index (χ1n) is 4.79. The van der Waals surface area contributed by atoms with E-state index in [4.69, 9.17) is 0 Å². The van der Waals surface area contributed by atoms with Crippen LogP contribution >= 0.6 is 11.3 Å². The number of aliphatic hydroxyl groups is 1. The molecule has 0 aliphatic heterocycles. The Bertz CT molecular complexity index is 338. The summed E-state index contributed by atoms with van der Waals surface area (Å²) in [6.07, 6.45) is -3.54. The van der Waals surface area contributed by atoms with E-state index in [1.54, 1.807) is 13.8 Å². The molecule has 1 aromatic heterocycles. The highest BCUT2D eigenvalue weighted by Gasteiger charge is 2.31. The van der Waals surface area contributed by atoms with Crippen LogP contribution < -0.4 is 4.90 Å². The van der Waals surface area contributed by atoms with Crippen LogP contribution in [0, 0.1) is 0 Å². The van der Waals surface area contributed by atoms with Crippen molar-refractivity contribution < 1.29 is 18.3 Å². The van der Waals surface area contributed by atoms with Crippen LogP contribution in [0.4, 0.5) is 18.3 Å². The van der Waals surface area contributed by atoms with Crippen LogP contribution in [-0.4, -0.2) is 29.4 Å². The van der Waals surface area contributed by atoms with E-state index >= 15 is 0 Å². The summed E-state index contributed by atoms with van der Waals surface area (Å²) in [5, 5.41) is 9.54. The second-order valence-electron chi connectivity index (χ2n) is 3.35. The lowest BCUT2D eigenvalue weighted by Crippen LogP contribution is -2.33. The van der Waals surface area contributed by atoms with Gasteiger partial charge in [0.15, 0.2) is 5.13 Å². The molecule has 1 aromatic rings. The lowest BCUT2D eigenvalue weighted by molar-refractivity contribution is -0.119. The number of nitrogens with zero attached hydrogens (tertiary/aromatic N) is 2. The van der Waals surface area contributed by atoms with E-state index in [1.165, 1.54) is 6.20 Å². The molecule has 1 atom stereocenters. The van der Waals surface area contributed by atoms with Gasteiger partial charge in [-0.1, -0.05) is 11.3 Å². The predicted octanol–water partition coefficient (Wildman–Crippen LogP) is 2.59. The molecule has 7 heteroatoms. The van der Waals surface area contributed by atoms with Crippen molar-refractivity contribution in [2.45, 2.75) is 26.1 Å². The molecule has 92 valence electrons. The number of hydrogen-bond donors (Lipinski definition) is 1. The van der Waals surface area contributed by atoms with Crippen LogP contribution in [-0.2, 0) is 0 Å². The number of hydrogen-bond acceptors (Lipinski definition) is 4. The average Bonchev–Trinajstić information content (AvgIpc) is 2.61. The molecule has 0 fully saturated rings. The summed E-state index contributed by atoms with van der Waals surface area (Å²) in [4.78, 5) is 5.58. The normalized spacial score (nSPS) is 13.9. The molecule has 0 radical (unpaired) electrons. The van der Waals surface area contributed by atoms with Crippen molar-refractivity contribution >= 4 is 16.5 Å². The summed E-state index contributed by atoms with van der Waals surface area (Å²) in [6.45, 7) is 2.40. The summed E-state index contributed by atoms with van der Waals surface area (Å²) in [5.41, 5.74) is 0. The fourth-order valence-electron chi connectivity index (χ4n) is 1.15. The molecule has 0 spiro atoms. The van der Waals surface area contributed by atoms with Crippen molar-refractivity contribution in [3.63, 3.8) is 0 Å². The Balaban J connectivity index is 2.79. The molecule has 0 bridgehead atoms. The lowest BCUT2D eigenvalue weighted by Gasteiger charge is -2.21. The average molecular weight is 254 g/mol. The molecular formula is C9H13F3N2OS. The van der Waals surface area contributed by atoms with Crippen LogP contribution in [0.5, 0.6) is 0 Å². The van der Waals surface area contributed by atoms with E-state index in [0.717, 1.165) is 16.2 Å². The topological polar surface area (TPSA) is 36.4 Å². The van der Waals surface area contributed by atoms with Gasteiger partial charge >= 0.3 is 6.18 Å². The Morgan fingerprint density at radius 3 is 2.56 bits per heavy atom. The number of rotatable bonds is 4. The van der Waals surface area contributed by atoms with E-state index in [9.17, 15) is 18.3 Å². The minimum Gasteiger partial charge on any atom is -0.388 e. The Morgan fingerprint density at radius 1 is 1.56 bits per heavy atom. The van der Waals surface area contributed by atoms with Gasteiger partial charge in [-0.15, -0.1) is 0 Å². The van der Waals surface area contributed by atoms with E-state index < -0.39 is 18.8 Å². The lowest BCUT2D eigenvalue weighted by atomic mass is 10.4. The second kappa shape index (κ2) is 5.01. The Hall–Kier alpha value is -0.820. The Morgan fingerprint density at radius 2 is 2.19 bits per heavy atom. The first-order valence-corrected chi connectivity index (χ1v) is 5.60. The van der Waals surface area contributed by atoms with Crippen molar-refractivity contribution in [1.82, 2.24) is 4.98 Å². The second-order valence-corrected chi connectivity index (χ2v) is 4.39. The van der Waals surface area contributed by atoms with Gasteiger partial charge in [-0.3, -0.25) is 0 Å². The molecule has 3 nitrogen and oxygen atoms in total.